The number of rotatable bonds is 5. The zero-order valence-electron chi connectivity index (χ0n) is 14.9. The van der Waals surface area contributed by atoms with E-state index >= 15 is 0 Å². The molecule has 2 heterocycles. The smallest absolute Gasteiger partial charge is 0.259 e. The highest BCUT2D eigenvalue weighted by molar-refractivity contribution is 5.61. The minimum atomic E-state index is 0.315. The minimum Gasteiger partial charge on any atom is -0.334 e. The number of aryl methyl sites for hydroxylation is 2. The Labute approximate surface area is 142 Å². The predicted molar refractivity (Wildman–Crippen MR) is 95.5 cm³/mol. The van der Waals surface area contributed by atoms with E-state index < -0.39 is 0 Å². The second kappa shape index (κ2) is 6.61. The summed E-state index contributed by atoms with van der Waals surface area (Å²) in [7, 11) is 1.93. The Balaban J connectivity index is 1.97. The summed E-state index contributed by atoms with van der Waals surface area (Å²) in [5, 5.41) is 7.30. The average Bonchev–Trinajstić information content (AvgIpc) is 3.11. The molecular formula is C19H24N4O. The summed E-state index contributed by atoms with van der Waals surface area (Å²) >= 11 is 0. The van der Waals surface area contributed by atoms with Gasteiger partial charge in [0.1, 0.15) is 0 Å². The lowest BCUT2D eigenvalue weighted by Gasteiger charge is -2.10. The molecule has 1 aromatic carbocycles. The molecule has 0 fully saturated rings. The number of benzene rings is 1. The van der Waals surface area contributed by atoms with Crippen LogP contribution in [-0.2, 0) is 6.42 Å². The van der Waals surface area contributed by atoms with E-state index in [1.165, 1.54) is 5.56 Å². The number of likely N-dealkylation sites (N-methyl/N-ethyl adjacent to an activating group) is 1. The van der Waals surface area contributed by atoms with Gasteiger partial charge >= 0.3 is 0 Å². The molecule has 3 aromatic rings. The first-order chi connectivity index (χ1) is 11.5. The number of hydrogen-bond acceptors (Lipinski definition) is 4. The van der Waals surface area contributed by atoms with Gasteiger partial charge in [0.25, 0.3) is 5.89 Å². The van der Waals surface area contributed by atoms with Crippen LogP contribution in [0.3, 0.4) is 0 Å². The highest BCUT2D eigenvalue weighted by atomic mass is 16.5. The van der Waals surface area contributed by atoms with Gasteiger partial charge in [-0.2, -0.15) is 4.98 Å². The molecule has 2 aromatic heterocycles. The molecule has 0 amide bonds. The molecule has 0 aliphatic heterocycles. The third-order valence-electron chi connectivity index (χ3n) is 4.37. The van der Waals surface area contributed by atoms with Gasteiger partial charge < -0.3 is 14.4 Å². The summed E-state index contributed by atoms with van der Waals surface area (Å²) in [6.07, 6.45) is 0.747. The molecular weight excluding hydrogens is 300 g/mol. The van der Waals surface area contributed by atoms with Gasteiger partial charge in [-0.15, -0.1) is 0 Å². The highest BCUT2D eigenvalue weighted by Gasteiger charge is 2.18. The fraction of sp³-hybridized carbons (Fsp3) is 0.368. The second-order valence-corrected chi connectivity index (χ2v) is 6.37. The molecule has 3 rings (SSSR count). The molecule has 5 nitrogen and oxygen atoms in total. The van der Waals surface area contributed by atoms with Crippen molar-refractivity contribution in [1.82, 2.24) is 20.0 Å². The maximum Gasteiger partial charge on any atom is 0.259 e. The van der Waals surface area contributed by atoms with Crippen molar-refractivity contribution in [3.05, 3.63) is 53.1 Å². The molecule has 24 heavy (non-hydrogen) atoms. The van der Waals surface area contributed by atoms with Crippen molar-refractivity contribution in [3.8, 4) is 17.1 Å². The third kappa shape index (κ3) is 3.12. The van der Waals surface area contributed by atoms with Crippen molar-refractivity contribution in [2.45, 2.75) is 40.2 Å². The molecule has 0 bridgehead atoms. The summed E-state index contributed by atoms with van der Waals surface area (Å²) in [6.45, 7) is 8.38. The van der Waals surface area contributed by atoms with Crippen LogP contribution in [0.4, 0.5) is 0 Å². The summed E-state index contributed by atoms with van der Waals surface area (Å²) in [5.74, 6) is 1.31. The van der Waals surface area contributed by atoms with Gasteiger partial charge in [-0.3, -0.25) is 0 Å². The fourth-order valence-electron chi connectivity index (χ4n) is 2.97. The zero-order valence-corrected chi connectivity index (χ0v) is 14.9. The molecule has 0 saturated carbocycles. The van der Waals surface area contributed by atoms with Gasteiger partial charge in [0.15, 0.2) is 5.82 Å². The standard InChI is InChI=1S/C19H24N4O/c1-12-7-6-8-16(9-12)23-14(3)11-17(15(23)4)19-21-18(22-24-19)10-13(2)20-5/h6-9,11,13,20H,10H2,1-5H3. The largest absolute Gasteiger partial charge is 0.334 e. The lowest BCUT2D eigenvalue weighted by atomic mass is 10.2. The molecule has 1 N–H and O–H groups in total. The monoisotopic (exact) mass is 324 g/mol. The third-order valence-corrected chi connectivity index (χ3v) is 4.37. The first-order valence-electron chi connectivity index (χ1n) is 8.25. The Morgan fingerprint density at radius 3 is 2.71 bits per heavy atom. The summed E-state index contributed by atoms with van der Waals surface area (Å²) in [4.78, 5) is 4.56. The average molecular weight is 324 g/mol. The highest BCUT2D eigenvalue weighted by Crippen LogP contribution is 2.28. The van der Waals surface area contributed by atoms with Crippen LogP contribution in [-0.4, -0.2) is 27.8 Å². The second-order valence-electron chi connectivity index (χ2n) is 6.37. The van der Waals surface area contributed by atoms with Gasteiger partial charge in [0, 0.05) is 29.5 Å². The van der Waals surface area contributed by atoms with Crippen molar-refractivity contribution < 1.29 is 4.52 Å². The van der Waals surface area contributed by atoms with E-state index in [-0.39, 0.29) is 0 Å². The first-order valence-corrected chi connectivity index (χ1v) is 8.25. The maximum absolute atomic E-state index is 5.50. The van der Waals surface area contributed by atoms with E-state index in [1.54, 1.807) is 0 Å². The normalized spacial score (nSPS) is 12.5. The molecule has 0 radical (unpaired) electrons. The molecule has 0 spiro atoms. The molecule has 0 saturated heterocycles. The Kier molecular flexibility index (Phi) is 4.53. The number of hydrogen-bond donors (Lipinski definition) is 1. The van der Waals surface area contributed by atoms with Gasteiger partial charge in [-0.1, -0.05) is 17.3 Å². The minimum absolute atomic E-state index is 0.315. The maximum atomic E-state index is 5.50. The van der Waals surface area contributed by atoms with E-state index in [9.17, 15) is 0 Å². The number of nitrogens with zero attached hydrogens (tertiary/aromatic N) is 3. The first kappa shape index (κ1) is 16.5. The van der Waals surface area contributed by atoms with E-state index in [0.29, 0.717) is 11.9 Å². The molecule has 1 atom stereocenters. The molecule has 0 aliphatic rings. The van der Waals surface area contributed by atoms with Crippen LogP contribution >= 0.6 is 0 Å². The van der Waals surface area contributed by atoms with Crippen LogP contribution in [0.15, 0.2) is 34.9 Å². The van der Waals surface area contributed by atoms with Crippen LogP contribution in [0.25, 0.3) is 17.1 Å². The van der Waals surface area contributed by atoms with Crippen LogP contribution in [0.2, 0.25) is 0 Å². The number of aromatic nitrogens is 3. The zero-order chi connectivity index (χ0) is 17.3. The lowest BCUT2D eigenvalue weighted by Crippen LogP contribution is -2.24. The molecule has 126 valence electrons. The number of nitrogens with one attached hydrogen (secondary N) is 1. The van der Waals surface area contributed by atoms with Gasteiger partial charge in [-0.05, 0) is 58.5 Å². The van der Waals surface area contributed by atoms with Gasteiger partial charge in [-0.25, -0.2) is 0 Å². The Bertz CT molecular complexity index is 847. The van der Waals surface area contributed by atoms with Crippen LogP contribution in [0, 0.1) is 20.8 Å². The summed E-state index contributed by atoms with van der Waals surface area (Å²) in [6, 6.07) is 10.9. The lowest BCUT2D eigenvalue weighted by molar-refractivity contribution is 0.418. The Hall–Kier alpha value is -2.40. The van der Waals surface area contributed by atoms with Crippen LogP contribution in [0.5, 0.6) is 0 Å². The van der Waals surface area contributed by atoms with Crippen LogP contribution < -0.4 is 5.32 Å². The summed E-state index contributed by atoms with van der Waals surface area (Å²) in [5.41, 5.74) is 5.64. The quantitative estimate of drug-likeness (QED) is 0.779. The van der Waals surface area contributed by atoms with E-state index in [1.807, 2.05) is 7.05 Å². The topological polar surface area (TPSA) is 55.9 Å². The molecule has 0 aliphatic carbocycles. The van der Waals surface area contributed by atoms with E-state index in [2.05, 4.69) is 78.1 Å². The fourth-order valence-corrected chi connectivity index (χ4v) is 2.97. The SMILES string of the molecule is CNC(C)Cc1noc(-c2cc(C)n(-c3cccc(C)c3)c2C)n1. The van der Waals surface area contributed by atoms with Crippen molar-refractivity contribution in [3.63, 3.8) is 0 Å². The molecule has 1 unspecified atom stereocenters. The Morgan fingerprint density at radius 2 is 2.00 bits per heavy atom. The van der Waals surface area contributed by atoms with Crippen LogP contribution in [0.1, 0.15) is 29.7 Å². The van der Waals surface area contributed by atoms with E-state index in [0.717, 1.165) is 34.9 Å². The Morgan fingerprint density at radius 1 is 1.21 bits per heavy atom. The van der Waals surface area contributed by atoms with Gasteiger partial charge in [0.05, 0.1) is 5.56 Å². The van der Waals surface area contributed by atoms with Crippen molar-refractivity contribution in [2.24, 2.45) is 0 Å². The van der Waals surface area contributed by atoms with Crippen molar-refractivity contribution in [1.29, 1.82) is 0 Å². The molecule has 5 heteroatoms. The van der Waals surface area contributed by atoms with Crippen molar-refractivity contribution >= 4 is 0 Å². The predicted octanol–water partition coefficient (Wildman–Crippen LogP) is 3.60. The summed E-state index contributed by atoms with van der Waals surface area (Å²) < 4.78 is 7.73. The van der Waals surface area contributed by atoms with E-state index in [4.69, 9.17) is 4.52 Å². The van der Waals surface area contributed by atoms with Crippen molar-refractivity contribution in [2.75, 3.05) is 7.05 Å². The van der Waals surface area contributed by atoms with Gasteiger partial charge in [0.2, 0.25) is 0 Å².